The molecule has 5 N–H and O–H groups in total. The summed E-state index contributed by atoms with van der Waals surface area (Å²) in [5.74, 6) is -1.25. The Bertz CT molecular complexity index is 1550. The number of amides is 2. The zero-order valence-corrected chi connectivity index (χ0v) is 24.2. The molecule has 4 aromatic rings. The van der Waals surface area contributed by atoms with Crippen molar-refractivity contribution in [1.82, 2.24) is 0 Å². The van der Waals surface area contributed by atoms with Crippen LogP contribution in [0, 0.1) is 5.82 Å². The summed E-state index contributed by atoms with van der Waals surface area (Å²) >= 11 is 1.57. The lowest BCUT2D eigenvalue weighted by Gasteiger charge is -2.28. The molecule has 222 valence electrons. The first-order valence-corrected chi connectivity index (χ1v) is 14.7. The minimum Gasteiger partial charge on any atom is -0.505 e. The van der Waals surface area contributed by atoms with E-state index in [4.69, 9.17) is 15.2 Å². The number of phenolic OH excluding ortho intramolecular Hbond substituents is 1. The largest absolute Gasteiger partial charge is 0.505 e. The maximum absolute atomic E-state index is 14.5. The number of hydrogen-bond acceptors (Lipinski definition) is 7. The molecule has 4 rings (SSSR count). The van der Waals surface area contributed by atoms with E-state index in [1.54, 1.807) is 78.5 Å². The molecule has 0 aliphatic rings. The predicted octanol–water partition coefficient (Wildman–Crippen LogP) is 7.55. The Balaban J connectivity index is 1.54. The van der Waals surface area contributed by atoms with Gasteiger partial charge in [-0.2, -0.15) is 0 Å². The molecule has 0 saturated heterocycles. The smallest absolute Gasteiger partial charge is 0.412 e. The lowest BCUT2D eigenvalue weighted by molar-refractivity contribution is -0.111. The second-order valence-electron chi connectivity index (χ2n) is 9.42. The predicted molar refractivity (Wildman–Crippen MR) is 168 cm³/mol. The Hall–Kier alpha value is -4.96. The van der Waals surface area contributed by atoms with Crippen molar-refractivity contribution in [3.8, 4) is 11.5 Å². The first kappa shape index (κ1) is 31.0. The number of hydrogen-bond donors (Lipinski definition) is 4. The average Bonchev–Trinajstić information content (AvgIpc) is 3.01. The fourth-order valence-corrected chi connectivity index (χ4v) is 4.59. The van der Waals surface area contributed by atoms with Crippen LogP contribution >= 0.6 is 11.8 Å². The first-order valence-electron chi connectivity index (χ1n) is 13.5. The van der Waals surface area contributed by atoms with Crippen molar-refractivity contribution in [2.45, 2.75) is 29.9 Å². The summed E-state index contributed by atoms with van der Waals surface area (Å²) in [6.45, 7) is 0. The number of rotatable bonds is 12. The van der Waals surface area contributed by atoms with E-state index in [9.17, 15) is 19.1 Å². The number of thioether (sulfide) groups is 1. The van der Waals surface area contributed by atoms with Gasteiger partial charge in [-0.25, -0.2) is 9.18 Å². The summed E-state index contributed by atoms with van der Waals surface area (Å²) in [5.41, 5.74) is 7.65. The topological polar surface area (TPSA) is 123 Å². The van der Waals surface area contributed by atoms with Crippen LogP contribution in [0.3, 0.4) is 0 Å². The average molecular weight is 602 g/mol. The van der Waals surface area contributed by atoms with Crippen molar-refractivity contribution in [3.05, 3.63) is 121 Å². The van der Waals surface area contributed by atoms with E-state index in [1.165, 1.54) is 18.2 Å². The van der Waals surface area contributed by atoms with E-state index in [0.29, 0.717) is 29.2 Å². The van der Waals surface area contributed by atoms with Crippen LogP contribution in [0.4, 0.5) is 26.2 Å². The molecular weight excluding hydrogens is 569 g/mol. The molecule has 0 radical (unpaired) electrons. The van der Waals surface area contributed by atoms with Crippen molar-refractivity contribution in [2.24, 2.45) is 0 Å². The van der Waals surface area contributed by atoms with Gasteiger partial charge in [-0.3, -0.25) is 10.1 Å². The van der Waals surface area contributed by atoms with Crippen molar-refractivity contribution in [2.75, 3.05) is 22.6 Å². The Morgan fingerprint density at radius 1 is 0.977 bits per heavy atom. The van der Waals surface area contributed by atoms with Gasteiger partial charge < -0.3 is 25.6 Å². The molecule has 2 atom stereocenters. The van der Waals surface area contributed by atoms with Gasteiger partial charge in [-0.05, 0) is 91.4 Å². The number of carbonyl (C=O) groups excluding carboxylic acids is 2. The Labute approximate surface area is 253 Å². The van der Waals surface area contributed by atoms with Gasteiger partial charge in [-0.15, -0.1) is 11.8 Å². The molecule has 0 spiro atoms. The lowest BCUT2D eigenvalue weighted by atomic mass is 9.99. The molecule has 0 bridgehead atoms. The monoisotopic (exact) mass is 601 g/mol. The third-order valence-corrected chi connectivity index (χ3v) is 7.09. The number of allylic oxidation sites excluding steroid dienone is 1. The highest BCUT2D eigenvalue weighted by Crippen LogP contribution is 2.31. The fourth-order valence-electron chi connectivity index (χ4n) is 4.18. The number of para-hydroxylation sites is 3. The molecule has 8 nitrogen and oxygen atoms in total. The van der Waals surface area contributed by atoms with Crippen LogP contribution in [0.5, 0.6) is 11.5 Å². The third-order valence-electron chi connectivity index (χ3n) is 6.34. The number of aromatic hydroxyl groups is 1. The molecule has 4 aromatic carbocycles. The maximum atomic E-state index is 14.5. The van der Waals surface area contributed by atoms with Crippen molar-refractivity contribution < 1.29 is 28.6 Å². The van der Waals surface area contributed by atoms with Crippen LogP contribution in [-0.4, -0.2) is 29.5 Å². The number of benzene rings is 4. The standard InChI is InChI=1S/C33H32FN3O5S/c1-43-25-18-16-23(17-19-25)36-33(40)42-32(22-15-20-29(38)26(34)21-22)30(41-24-9-3-2-4-10-24)13-7-8-14-31(39)37-28-12-6-5-11-27(28)35/h2-6,8-12,14-21,30,32,38H,7,13,35H2,1H3,(H,36,40)(H,37,39)/b14-8+/t30-,32-/m0/s1. The molecule has 0 saturated carbocycles. The number of nitrogens with one attached hydrogen (secondary N) is 2. The zero-order chi connectivity index (χ0) is 30.6. The Morgan fingerprint density at radius 3 is 2.40 bits per heavy atom. The van der Waals surface area contributed by atoms with Crippen LogP contribution in [0.25, 0.3) is 0 Å². The zero-order valence-electron chi connectivity index (χ0n) is 23.4. The molecule has 0 heterocycles. The molecule has 10 heteroatoms. The second kappa shape index (κ2) is 15.3. The van der Waals surface area contributed by atoms with Gasteiger partial charge in [0.15, 0.2) is 17.7 Å². The molecule has 43 heavy (non-hydrogen) atoms. The summed E-state index contributed by atoms with van der Waals surface area (Å²) < 4.78 is 26.6. The van der Waals surface area contributed by atoms with Gasteiger partial charge in [0.2, 0.25) is 5.91 Å². The van der Waals surface area contributed by atoms with Crippen LogP contribution in [-0.2, 0) is 9.53 Å². The number of carbonyl (C=O) groups is 2. The summed E-state index contributed by atoms with van der Waals surface area (Å²) in [5, 5.41) is 15.2. The minimum absolute atomic E-state index is 0.283. The van der Waals surface area contributed by atoms with E-state index >= 15 is 0 Å². The number of ether oxygens (including phenoxy) is 2. The van der Waals surface area contributed by atoms with Crippen molar-refractivity contribution in [3.63, 3.8) is 0 Å². The molecule has 2 amide bonds. The fraction of sp³-hybridized carbons (Fsp3) is 0.152. The van der Waals surface area contributed by atoms with Gasteiger partial charge in [-0.1, -0.05) is 42.5 Å². The highest BCUT2D eigenvalue weighted by molar-refractivity contribution is 7.98. The Kier molecular flexibility index (Phi) is 11.0. The van der Waals surface area contributed by atoms with E-state index in [2.05, 4.69) is 10.6 Å². The molecule has 0 aliphatic carbocycles. The lowest BCUT2D eigenvalue weighted by Crippen LogP contribution is -2.31. The van der Waals surface area contributed by atoms with E-state index in [0.717, 1.165) is 11.0 Å². The number of nitrogen functional groups attached to an aromatic ring is 1. The number of anilines is 3. The van der Waals surface area contributed by atoms with Crippen molar-refractivity contribution >= 4 is 40.8 Å². The van der Waals surface area contributed by atoms with Crippen molar-refractivity contribution in [1.29, 1.82) is 0 Å². The van der Waals surface area contributed by atoms with Gasteiger partial charge in [0.1, 0.15) is 11.9 Å². The van der Waals surface area contributed by atoms with Gasteiger partial charge in [0, 0.05) is 10.6 Å². The molecule has 0 fully saturated rings. The molecule has 0 aromatic heterocycles. The number of nitrogens with two attached hydrogens (primary N) is 1. The van der Waals surface area contributed by atoms with Crippen LogP contribution in [0.15, 0.2) is 114 Å². The van der Waals surface area contributed by atoms with E-state index in [-0.39, 0.29) is 17.9 Å². The summed E-state index contributed by atoms with van der Waals surface area (Å²) in [7, 11) is 0. The van der Waals surface area contributed by atoms with Gasteiger partial charge >= 0.3 is 6.09 Å². The normalized spacial score (nSPS) is 12.3. The summed E-state index contributed by atoms with van der Waals surface area (Å²) in [6.07, 6.45) is 2.99. The Morgan fingerprint density at radius 2 is 1.70 bits per heavy atom. The number of halogens is 1. The highest BCUT2D eigenvalue weighted by Gasteiger charge is 2.30. The third kappa shape index (κ3) is 9.27. The van der Waals surface area contributed by atoms with E-state index < -0.39 is 29.9 Å². The van der Waals surface area contributed by atoms with Crippen LogP contribution in [0.2, 0.25) is 0 Å². The summed E-state index contributed by atoms with van der Waals surface area (Å²) in [6, 6.07) is 26.9. The SMILES string of the molecule is CSc1ccc(NC(=O)O[C@@H](c2ccc(O)c(F)c2)[C@H](CC/C=C/C(=O)Nc2ccccc2N)Oc2ccccc2)cc1. The maximum Gasteiger partial charge on any atom is 0.412 e. The summed E-state index contributed by atoms with van der Waals surface area (Å²) in [4.78, 5) is 26.6. The molecular formula is C33H32FN3O5S. The van der Waals surface area contributed by atoms with Gasteiger partial charge in [0.25, 0.3) is 0 Å². The second-order valence-corrected chi connectivity index (χ2v) is 10.3. The highest BCUT2D eigenvalue weighted by atomic mass is 32.2. The minimum atomic E-state index is -1.08. The molecule has 0 unspecified atom stereocenters. The van der Waals surface area contributed by atoms with E-state index in [1.807, 2.05) is 24.5 Å². The number of phenols is 1. The first-order chi connectivity index (χ1) is 20.8. The van der Waals surface area contributed by atoms with Crippen LogP contribution in [0.1, 0.15) is 24.5 Å². The molecule has 0 aliphatic heterocycles. The quantitative estimate of drug-likeness (QED) is 0.0751. The van der Waals surface area contributed by atoms with Crippen LogP contribution < -0.4 is 21.1 Å². The van der Waals surface area contributed by atoms with Gasteiger partial charge in [0.05, 0.1) is 11.4 Å².